The molecular weight excluding hydrogens is 394 g/mol. The van der Waals surface area contributed by atoms with Crippen LogP contribution in [-0.4, -0.2) is 34.9 Å². The number of hydrogen-bond acceptors (Lipinski definition) is 5. The first-order valence-corrected chi connectivity index (χ1v) is 9.89. The Balaban J connectivity index is 1.78. The van der Waals surface area contributed by atoms with E-state index in [9.17, 15) is 19.5 Å². The number of aliphatic hydroxyl groups excluding tert-OH is 1. The molecule has 5 aromatic carbocycles. The molecule has 0 spiro atoms. The van der Waals surface area contributed by atoms with E-state index in [2.05, 4.69) is 0 Å². The first-order chi connectivity index (χ1) is 15.0. The molecule has 0 fully saturated rings. The maximum absolute atomic E-state index is 12.9. The second-order valence-electron chi connectivity index (χ2n) is 8.15. The van der Waals surface area contributed by atoms with Crippen LogP contribution in [0.4, 0.5) is 0 Å². The minimum absolute atomic E-state index is 0.229. The summed E-state index contributed by atoms with van der Waals surface area (Å²) < 4.78 is 4.90. The van der Waals surface area contributed by atoms with Crippen molar-refractivity contribution < 1.29 is 24.2 Å². The molecule has 7 rings (SSSR count). The zero-order valence-electron chi connectivity index (χ0n) is 16.2. The number of benzene rings is 5. The van der Waals surface area contributed by atoms with Gasteiger partial charge in [-0.05, 0) is 50.5 Å². The highest BCUT2D eigenvalue weighted by Crippen LogP contribution is 2.46. The lowest BCUT2D eigenvalue weighted by molar-refractivity contribution is 0.0174. The second kappa shape index (κ2) is 5.17. The maximum atomic E-state index is 12.9. The molecule has 2 aliphatic heterocycles. The molecule has 1 amide bonds. The normalized spacial score (nSPS) is 18.1. The number of ether oxygens (including phenoxy) is 1. The molecule has 1 unspecified atom stereocenters. The zero-order valence-corrected chi connectivity index (χ0v) is 16.2. The highest BCUT2D eigenvalue weighted by molar-refractivity contribution is 6.38. The fourth-order valence-electron chi connectivity index (χ4n) is 5.35. The minimum atomic E-state index is -1.02. The van der Waals surface area contributed by atoms with Crippen molar-refractivity contribution in [2.75, 3.05) is 7.05 Å². The fraction of sp³-hybridized carbons (Fsp3) is 0.0800. The van der Waals surface area contributed by atoms with Crippen LogP contribution in [0.2, 0.25) is 0 Å². The first kappa shape index (κ1) is 16.7. The average Bonchev–Trinajstić information content (AvgIpc) is 2.78. The molecule has 0 bridgehead atoms. The maximum Gasteiger partial charge on any atom is 0.346 e. The Morgan fingerprint density at radius 1 is 0.677 bits per heavy atom. The van der Waals surface area contributed by atoms with Gasteiger partial charge >= 0.3 is 11.9 Å². The molecule has 6 heteroatoms. The van der Waals surface area contributed by atoms with E-state index in [1.54, 1.807) is 25.2 Å². The fourth-order valence-corrected chi connectivity index (χ4v) is 5.35. The molecule has 2 heterocycles. The van der Waals surface area contributed by atoms with Crippen LogP contribution in [-0.2, 0) is 4.74 Å². The number of esters is 2. The Morgan fingerprint density at radius 2 is 1.16 bits per heavy atom. The molecule has 1 N–H and O–H groups in total. The number of nitrogens with zero attached hydrogens (tertiary/aromatic N) is 1. The number of cyclic esters (lactones) is 2. The van der Waals surface area contributed by atoms with E-state index in [1.807, 2.05) is 30.3 Å². The summed E-state index contributed by atoms with van der Waals surface area (Å²) in [5, 5.41) is 17.4. The van der Waals surface area contributed by atoms with E-state index in [4.69, 9.17) is 4.74 Å². The Bertz CT molecular complexity index is 1630. The quantitative estimate of drug-likeness (QED) is 0.181. The van der Waals surface area contributed by atoms with Gasteiger partial charge < -0.3 is 14.7 Å². The van der Waals surface area contributed by atoms with Crippen molar-refractivity contribution in [2.45, 2.75) is 6.23 Å². The van der Waals surface area contributed by atoms with Crippen molar-refractivity contribution in [3.8, 4) is 0 Å². The SMILES string of the molecule is CN1C(=O)c2ccc3c4ccc5c6c(ccc(c7ccc(c2c37)C1O)c64)C(=O)OC5=O. The van der Waals surface area contributed by atoms with Crippen molar-refractivity contribution in [3.63, 3.8) is 0 Å². The molecule has 0 radical (unpaired) electrons. The number of fused-ring (bicyclic) bond motifs is 2. The molecule has 31 heavy (non-hydrogen) atoms. The average molecular weight is 407 g/mol. The van der Waals surface area contributed by atoms with Crippen LogP contribution in [0, 0.1) is 0 Å². The summed E-state index contributed by atoms with van der Waals surface area (Å²) in [6.45, 7) is 0. The molecule has 5 aromatic rings. The van der Waals surface area contributed by atoms with Crippen molar-refractivity contribution in [1.29, 1.82) is 0 Å². The smallest absolute Gasteiger partial charge is 0.346 e. The lowest BCUT2D eigenvalue weighted by atomic mass is 9.83. The summed E-state index contributed by atoms with van der Waals surface area (Å²) >= 11 is 0. The number of amides is 1. The summed E-state index contributed by atoms with van der Waals surface area (Å²) in [7, 11) is 1.59. The van der Waals surface area contributed by atoms with Crippen LogP contribution in [0.15, 0.2) is 48.5 Å². The Morgan fingerprint density at radius 3 is 1.74 bits per heavy atom. The van der Waals surface area contributed by atoms with Gasteiger partial charge in [-0.15, -0.1) is 0 Å². The van der Waals surface area contributed by atoms with Crippen LogP contribution in [0.1, 0.15) is 42.9 Å². The predicted molar refractivity (Wildman–Crippen MR) is 114 cm³/mol. The van der Waals surface area contributed by atoms with Crippen molar-refractivity contribution >= 4 is 60.9 Å². The van der Waals surface area contributed by atoms with Gasteiger partial charge in [0.1, 0.15) is 0 Å². The molecule has 148 valence electrons. The number of carbonyl (C=O) groups excluding carboxylic acids is 3. The number of rotatable bonds is 0. The summed E-state index contributed by atoms with van der Waals surface area (Å²) in [4.78, 5) is 38.9. The van der Waals surface area contributed by atoms with Crippen molar-refractivity contribution in [2.24, 2.45) is 0 Å². The monoisotopic (exact) mass is 407 g/mol. The van der Waals surface area contributed by atoms with Crippen molar-refractivity contribution in [1.82, 2.24) is 4.90 Å². The molecule has 0 aliphatic carbocycles. The Kier molecular flexibility index (Phi) is 2.79. The lowest BCUT2D eigenvalue weighted by Gasteiger charge is -2.31. The van der Waals surface area contributed by atoms with E-state index >= 15 is 0 Å². The van der Waals surface area contributed by atoms with E-state index in [0.29, 0.717) is 27.6 Å². The first-order valence-electron chi connectivity index (χ1n) is 9.89. The van der Waals surface area contributed by atoms with E-state index in [-0.39, 0.29) is 5.91 Å². The minimum Gasteiger partial charge on any atom is -0.386 e. The Hall–Kier alpha value is -4.03. The third kappa shape index (κ3) is 1.76. The zero-order chi connectivity index (χ0) is 21.2. The van der Waals surface area contributed by atoms with Crippen LogP contribution in [0.25, 0.3) is 43.1 Å². The third-order valence-electron chi connectivity index (χ3n) is 6.75. The highest BCUT2D eigenvalue weighted by Gasteiger charge is 2.33. The lowest BCUT2D eigenvalue weighted by Crippen LogP contribution is -2.34. The van der Waals surface area contributed by atoms with Gasteiger partial charge in [-0.3, -0.25) is 4.79 Å². The van der Waals surface area contributed by atoms with Gasteiger partial charge in [0.2, 0.25) is 0 Å². The van der Waals surface area contributed by atoms with Crippen LogP contribution in [0.5, 0.6) is 0 Å². The molecule has 2 aliphatic rings. The molecular formula is C25H13NO5. The number of aliphatic hydroxyl groups is 1. The molecule has 0 aromatic heterocycles. The van der Waals surface area contributed by atoms with Gasteiger partial charge in [-0.2, -0.15) is 0 Å². The van der Waals surface area contributed by atoms with Gasteiger partial charge in [0.15, 0.2) is 6.23 Å². The molecule has 1 atom stereocenters. The number of carbonyl (C=O) groups is 3. The second-order valence-corrected chi connectivity index (χ2v) is 8.15. The Labute approximate surface area is 174 Å². The summed E-state index contributed by atoms with van der Waals surface area (Å²) in [5.74, 6) is -1.52. The van der Waals surface area contributed by atoms with E-state index < -0.39 is 18.2 Å². The number of hydrogen-bond donors (Lipinski definition) is 1. The molecule has 0 saturated carbocycles. The van der Waals surface area contributed by atoms with Gasteiger partial charge in [-0.1, -0.05) is 30.3 Å². The van der Waals surface area contributed by atoms with Crippen LogP contribution >= 0.6 is 0 Å². The molecule has 0 saturated heterocycles. The van der Waals surface area contributed by atoms with E-state index in [1.165, 1.54) is 4.90 Å². The van der Waals surface area contributed by atoms with Crippen molar-refractivity contribution in [3.05, 3.63) is 70.8 Å². The van der Waals surface area contributed by atoms with Crippen LogP contribution < -0.4 is 0 Å². The summed E-state index contributed by atoms with van der Waals surface area (Å²) in [6.07, 6.45) is -1.02. The predicted octanol–water partition coefficient (Wildman–Crippen LogP) is 4.12. The third-order valence-corrected chi connectivity index (χ3v) is 6.75. The molecule has 6 nitrogen and oxygen atoms in total. The van der Waals surface area contributed by atoms with Gasteiger partial charge in [0.25, 0.3) is 5.91 Å². The highest BCUT2D eigenvalue weighted by atomic mass is 16.6. The van der Waals surface area contributed by atoms with Gasteiger partial charge in [-0.25, -0.2) is 9.59 Å². The summed E-state index contributed by atoms with van der Waals surface area (Å²) in [6, 6.07) is 14.6. The van der Waals surface area contributed by atoms with Gasteiger partial charge in [0.05, 0.1) is 11.1 Å². The largest absolute Gasteiger partial charge is 0.386 e. The topological polar surface area (TPSA) is 83.9 Å². The standard InChI is InChI=1S/C25H13NO5/c1-26-22(27)14-6-2-10-12-4-8-16-21-17(25(30)31-24(16)29)9-5-13(19(12)21)11-3-7-15(23(26)28)20(14)18(10)11/h2-9,22,27H,1H3. The van der Waals surface area contributed by atoms with Gasteiger partial charge in [0, 0.05) is 28.9 Å². The summed E-state index contributed by atoms with van der Waals surface area (Å²) in [5.41, 5.74) is 1.98. The van der Waals surface area contributed by atoms with E-state index in [0.717, 1.165) is 37.7 Å². The van der Waals surface area contributed by atoms with Crippen LogP contribution in [0.3, 0.4) is 0 Å².